The fraction of sp³-hybridized carbons (Fsp3) is 0.909. The molecule has 4 atom stereocenters. The smallest absolute Gasteiger partial charge is 0.337 e. The third-order valence-corrected chi connectivity index (χ3v) is 3.30. The Labute approximate surface area is 106 Å². The van der Waals surface area contributed by atoms with E-state index in [4.69, 9.17) is 18.9 Å². The maximum absolute atomic E-state index is 11.3. The predicted molar refractivity (Wildman–Crippen MR) is 59.7 cm³/mol. The van der Waals surface area contributed by atoms with Crippen LogP contribution in [0.25, 0.3) is 0 Å². The monoisotopic (exact) mass is 264 g/mol. The minimum Gasteiger partial charge on any atom is -0.467 e. The Balaban J connectivity index is 2.85. The van der Waals surface area contributed by atoms with E-state index in [0.29, 0.717) is 0 Å². The molecule has 7 heteroatoms. The number of carbonyl (C=O) groups is 1. The number of hydrogen-bond donors (Lipinski definition) is 1. The molecule has 0 spiro atoms. The molecule has 0 unspecified atom stereocenters. The van der Waals surface area contributed by atoms with Crippen LogP contribution < -0.4 is 0 Å². The molecule has 106 valence electrons. The molecule has 0 aliphatic carbocycles. The van der Waals surface area contributed by atoms with Gasteiger partial charge in [-0.1, -0.05) is 0 Å². The van der Waals surface area contributed by atoms with Crippen molar-refractivity contribution in [1.29, 1.82) is 0 Å². The van der Waals surface area contributed by atoms with Gasteiger partial charge in [-0.15, -0.1) is 0 Å². The number of ether oxygens (including phenoxy) is 5. The Morgan fingerprint density at radius 1 is 1.28 bits per heavy atom. The van der Waals surface area contributed by atoms with Gasteiger partial charge in [0, 0.05) is 14.2 Å². The number of carbonyl (C=O) groups excluding carboxylic acids is 1. The molecule has 1 rings (SSSR count). The zero-order valence-electron chi connectivity index (χ0n) is 11.3. The van der Waals surface area contributed by atoms with E-state index in [9.17, 15) is 9.90 Å². The van der Waals surface area contributed by atoms with Crippen LogP contribution in [0.5, 0.6) is 0 Å². The number of rotatable bonds is 4. The average molecular weight is 264 g/mol. The highest BCUT2D eigenvalue weighted by molar-refractivity contribution is 5.75. The van der Waals surface area contributed by atoms with Crippen LogP contribution >= 0.6 is 0 Å². The van der Waals surface area contributed by atoms with Gasteiger partial charge in [0.2, 0.25) is 11.6 Å². The maximum Gasteiger partial charge on any atom is 0.337 e. The number of esters is 1. The first-order chi connectivity index (χ1) is 8.33. The van der Waals surface area contributed by atoms with Gasteiger partial charge in [0.1, 0.15) is 6.10 Å². The normalized spacial score (nSPS) is 38.2. The van der Waals surface area contributed by atoms with Crippen molar-refractivity contribution in [2.75, 3.05) is 27.9 Å². The molecule has 1 N–H and O–H groups in total. The SMILES string of the molecule is COC(=O)[C@H](O)[C@@H]1CO[C@](C)(OC)[C@@](C)(OC)O1. The summed E-state index contributed by atoms with van der Waals surface area (Å²) in [7, 11) is 4.06. The van der Waals surface area contributed by atoms with Crippen molar-refractivity contribution < 1.29 is 33.6 Å². The summed E-state index contributed by atoms with van der Waals surface area (Å²) in [6.45, 7) is 3.24. The van der Waals surface area contributed by atoms with Gasteiger partial charge in [0.05, 0.1) is 13.7 Å². The standard InChI is InChI=1S/C11H20O7/c1-10(15-4)11(2,16-5)18-7(6-17-10)8(12)9(13)14-3/h7-8,12H,6H2,1-5H3/t7-,8+,10-,11-/m0/s1. The molecule has 0 bridgehead atoms. The lowest BCUT2D eigenvalue weighted by molar-refractivity contribution is -0.435. The van der Waals surface area contributed by atoms with Crippen LogP contribution in [-0.4, -0.2) is 62.8 Å². The highest BCUT2D eigenvalue weighted by atomic mass is 16.8. The lowest BCUT2D eigenvalue weighted by Crippen LogP contribution is -2.64. The summed E-state index contributed by atoms with van der Waals surface area (Å²) < 4.78 is 26.0. The van der Waals surface area contributed by atoms with Crippen molar-refractivity contribution in [3.8, 4) is 0 Å². The van der Waals surface area contributed by atoms with Crippen molar-refractivity contribution in [1.82, 2.24) is 0 Å². The molecule has 1 fully saturated rings. The van der Waals surface area contributed by atoms with Crippen molar-refractivity contribution in [3.05, 3.63) is 0 Å². The van der Waals surface area contributed by atoms with Gasteiger partial charge in [0.25, 0.3) is 0 Å². The lowest BCUT2D eigenvalue weighted by atomic mass is 10.1. The third kappa shape index (κ3) is 2.50. The highest BCUT2D eigenvalue weighted by Gasteiger charge is 2.55. The van der Waals surface area contributed by atoms with E-state index < -0.39 is 29.8 Å². The lowest BCUT2D eigenvalue weighted by Gasteiger charge is -2.49. The van der Waals surface area contributed by atoms with Crippen LogP contribution in [0.1, 0.15) is 13.8 Å². The molecule has 0 saturated carbocycles. The topological polar surface area (TPSA) is 83.5 Å². The largest absolute Gasteiger partial charge is 0.467 e. The minimum atomic E-state index is -1.44. The molecule has 1 aliphatic rings. The van der Waals surface area contributed by atoms with Gasteiger partial charge in [-0.2, -0.15) is 0 Å². The summed E-state index contributed by atoms with van der Waals surface area (Å²) in [5.74, 6) is -3.17. The zero-order chi connectivity index (χ0) is 14.0. The molecule has 0 aromatic carbocycles. The Morgan fingerprint density at radius 2 is 1.83 bits per heavy atom. The van der Waals surface area contributed by atoms with Crippen LogP contribution in [0, 0.1) is 0 Å². The van der Waals surface area contributed by atoms with E-state index in [1.165, 1.54) is 21.3 Å². The van der Waals surface area contributed by atoms with Gasteiger partial charge in [-0.05, 0) is 13.8 Å². The molecule has 0 aromatic heterocycles. The Morgan fingerprint density at radius 3 is 2.28 bits per heavy atom. The van der Waals surface area contributed by atoms with Crippen LogP contribution in [0.4, 0.5) is 0 Å². The molecule has 7 nitrogen and oxygen atoms in total. The molecule has 1 aliphatic heterocycles. The van der Waals surface area contributed by atoms with Crippen LogP contribution in [-0.2, 0) is 28.5 Å². The number of aliphatic hydroxyl groups excluding tert-OH is 1. The van der Waals surface area contributed by atoms with Gasteiger partial charge >= 0.3 is 5.97 Å². The van der Waals surface area contributed by atoms with Crippen LogP contribution in [0.3, 0.4) is 0 Å². The predicted octanol–water partition coefficient (Wildman–Crippen LogP) is -0.339. The summed E-state index contributed by atoms with van der Waals surface area (Å²) in [4.78, 5) is 11.3. The Hall–Kier alpha value is -0.730. The fourth-order valence-corrected chi connectivity index (χ4v) is 1.71. The molecule has 1 heterocycles. The Kier molecular flexibility index (Phi) is 4.68. The molecule has 0 radical (unpaired) electrons. The molecule has 18 heavy (non-hydrogen) atoms. The number of hydrogen-bond acceptors (Lipinski definition) is 7. The Bertz CT molecular complexity index is 308. The van der Waals surface area contributed by atoms with Gasteiger partial charge in [-0.3, -0.25) is 0 Å². The van der Waals surface area contributed by atoms with E-state index >= 15 is 0 Å². The number of aliphatic hydroxyl groups is 1. The zero-order valence-corrected chi connectivity index (χ0v) is 11.3. The van der Waals surface area contributed by atoms with Gasteiger partial charge in [0.15, 0.2) is 6.10 Å². The van der Waals surface area contributed by atoms with Crippen molar-refractivity contribution in [2.24, 2.45) is 0 Å². The number of methoxy groups -OCH3 is 3. The maximum atomic E-state index is 11.3. The molecule has 1 saturated heterocycles. The van der Waals surface area contributed by atoms with E-state index in [0.717, 1.165) is 0 Å². The second-order valence-corrected chi connectivity index (χ2v) is 4.23. The van der Waals surface area contributed by atoms with Crippen LogP contribution in [0.2, 0.25) is 0 Å². The summed E-state index contributed by atoms with van der Waals surface area (Å²) in [5, 5.41) is 9.74. The molecule has 0 amide bonds. The van der Waals surface area contributed by atoms with Crippen molar-refractivity contribution >= 4 is 5.97 Å². The van der Waals surface area contributed by atoms with E-state index in [-0.39, 0.29) is 6.61 Å². The second-order valence-electron chi connectivity index (χ2n) is 4.23. The first-order valence-corrected chi connectivity index (χ1v) is 5.51. The summed E-state index contributed by atoms with van der Waals surface area (Å²) in [6, 6.07) is 0. The van der Waals surface area contributed by atoms with Crippen LogP contribution in [0.15, 0.2) is 0 Å². The molecule has 0 aromatic rings. The fourth-order valence-electron chi connectivity index (χ4n) is 1.71. The molecular weight excluding hydrogens is 244 g/mol. The summed E-state index contributed by atoms with van der Waals surface area (Å²) >= 11 is 0. The van der Waals surface area contributed by atoms with E-state index in [1.54, 1.807) is 13.8 Å². The first-order valence-electron chi connectivity index (χ1n) is 5.51. The van der Waals surface area contributed by atoms with E-state index in [1.807, 2.05) is 0 Å². The summed E-state index contributed by atoms with van der Waals surface area (Å²) in [5.41, 5.74) is 0. The molecular formula is C11H20O7. The summed E-state index contributed by atoms with van der Waals surface area (Å²) in [6.07, 6.45) is -2.32. The average Bonchev–Trinajstić information content (AvgIpc) is 2.40. The first kappa shape index (κ1) is 15.3. The van der Waals surface area contributed by atoms with Crippen molar-refractivity contribution in [2.45, 2.75) is 37.6 Å². The van der Waals surface area contributed by atoms with Gasteiger partial charge < -0.3 is 28.8 Å². The van der Waals surface area contributed by atoms with Gasteiger partial charge in [-0.25, -0.2) is 4.79 Å². The highest BCUT2D eigenvalue weighted by Crippen LogP contribution is 2.37. The van der Waals surface area contributed by atoms with Crippen molar-refractivity contribution in [3.63, 3.8) is 0 Å². The second kappa shape index (κ2) is 5.50. The van der Waals surface area contributed by atoms with E-state index in [2.05, 4.69) is 4.74 Å². The minimum absolute atomic E-state index is 0.0143. The quantitative estimate of drug-likeness (QED) is 0.695. The third-order valence-electron chi connectivity index (χ3n) is 3.30.